The lowest BCUT2D eigenvalue weighted by atomic mass is 10.0. The highest BCUT2D eigenvalue weighted by atomic mass is 35.5. The van der Waals surface area contributed by atoms with Gasteiger partial charge in [0.1, 0.15) is 11.1 Å². The summed E-state index contributed by atoms with van der Waals surface area (Å²) in [6.45, 7) is 1.94. The maximum Gasteiger partial charge on any atom is 0.360 e. The van der Waals surface area contributed by atoms with E-state index in [1.807, 2.05) is 24.3 Å². The number of H-pyrrole nitrogens is 1. The average molecular weight is 368 g/mol. The zero-order valence-corrected chi connectivity index (χ0v) is 14.6. The van der Waals surface area contributed by atoms with Gasteiger partial charge in [-0.25, -0.2) is 9.59 Å². The lowest BCUT2D eigenvalue weighted by Crippen LogP contribution is -2.11. The van der Waals surface area contributed by atoms with Gasteiger partial charge in [0, 0.05) is 26.9 Å². The van der Waals surface area contributed by atoms with E-state index in [1.54, 1.807) is 31.2 Å². The van der Waals surface area contributed by atoms with Gasteiger partial charge in [-0.1, -0.05) is 29.8 Å². The van der Waals surface area contributed by atoms with Crippen LogP contribution < -0.4 is 5.63 Å². The molecule has 1 N–H and O–H groups in total. The molecule has 0 bridgehead atoms. The predicted molar refractivity (Wildman–Crippen MR) is 101 cm³/mol. The van der Waals surface area contributed by atoms with E-state index in [2.05, 4.69) is 4.98 Å². The summed E-state index contributed by atoms with van der Waals surface area (Å²) in [5.74, 6) is -0.377. The van der Waals surface area contributed by atoms with Crippen molar-refractivity contribution in [3.8, 4) is 11.3 Å². The molecular formula is C20H14ClNO4. The Morgan fingerprint density at radius 1 is 1.15 bits per heavy atom. The van der Waals surface area contributed by atoms with Gasteiger partial charge in [-0.2, -0.15) is 0 Å². The lowest BCUT2D eigenvalue weighted by molar-refractivity contribution is 0.0527. The molecule has 4 aromatic rings. The number of carbonyl (C=O) groups excluding carboxylic acids is 1. The van der Waals surface area contributed by atoms with Crippen molar-refractivity contribution in [2.75, 3.05) is 6.61 Å². The molecule has 0 atom stereocenters. The molecule has 5 nitrogen and oxygen atoms in total. The van der Waals surface area contributed by atoms with Crippen LogP contribution >= 0.6 is 11.6 Å². The summed E-state index contributed by atoms with van der Waals surface area (Å²) in [4.78, 5) is 28.4. The number of hydrogen-bond acceptors (Lipinski definition) is 4. The molecular weight excluding hydrogens is 354 g/mol. The second kappa shape index (κ2) is 6.35. The Hall–Kier alpha value is -3.05. The Bertz CT molecular complexity index is 1190. The van der Waals surface area contributed by atoms with Crippen molar-refractivity contribution in [1.29, 1.82) is 0 Å². The first-order valence-corrected chi connectivity index (χ1v) is 8.48. The lowest BCUT2D eigenvalue weighted by Gasteiger charge is -2.09. The van der Waals surface area contributed by atoms with Crippen molar-refractivity contribution >= 4 is 39.4 Å². The number of esters is 1. The molecule has 0 fully saturated rings. The summed E-state index contributed by atoms with van der Waals surface area (Å²) < 4.78 is 10.8. The zero-order valence-electron chi connectivity index (χ0n) is 13.8. The molecule has 0 aliphatic carbocycles. The number of benzene rings is 2. The van der Waals surface area contributed by atoms with Crippen LogP contribution in [0.3, 0.4) is 0 Å². The second-order valence-electron chi connectivity index (χ2n) is 5.74. The quantitative estimate of drug-likeness (QED) is 0.529. The maximum absolute atomic E-state index is 12.7. The minimum absolute atomic E-state index is 0.169. The van der Waals surface area contributed by atoms with Gasteiger partial charge in [0.25, 0.3) is 0 Å². The first-order chi connectivity index (χ1) is 12.6. The fourth-order valence-corrected chi connectivity index (χ4v) is 3.19. The van der Waals surface area contributed by atoms with Crippen molar-refractivity contribution in [2.45, 2.75) is 6.92 Å². The molecule has 0 saturated heterocycles. The highest BCUT2D eigenvalue weighted by molar-refractivity contribution is 6.30. The minimum atomic E-state index is -0.547. The third-order valence-electron chi connectivity index (χ3n) is 4.17. The van der Waals surface area contributed by atoms with Crippen LogP contribution in [0.4, 0.5) is 0 Å². The number of aromatic nitrogens is 1. The zero-order chi connectivity index (χ0) is 18.3. The Morgan fingerprint density at radius 2 is 1.88 bits per heavy atom. The molecule has 0 aliphatic heterocycles. The van der Waals surface area contributed by atoms with E-state index in [1.165, 1.54) is 0 Å². The van der Waals surface area contributed by atoms with Crippen LogP contribution in [0.25, 0.3) is 33.1 Å². The molecule has 0 amide bonds. The Labute approximate surface area is 153 Å². The minimum Gasteiger partial charge on any atom is -0.462 e. The molecule has 0 spiro atoms. The number of fused-ring (bicyclic) bond motifs is 3. The normalized spacial score (nSPS) is 11.2. The fraction of sp³-hybridized carbons (Fsp3) is 0.100. The number of nitrogens with one attached hydrogen (secondary N) is 1. The average Bonchev–Trinajstić information content (AvgIpc) is 3.03. The van der Waals surface area contributed by atoms with Crippen LogP contribution in [0.2, 0.25) is 5.02 Å². The van der Waals surface area contributed by atoms with Gasteiger partial charge < -0.3 is 14.1 Å². The Balaban J connectivity index is 2.15. The van der Waals surface area contributed by atoms with E-state index in [4.69, 9.17) is 20.8 Å². The van der Waals surface area contributed by atoms with Gasteiger partial charge in [-0.15, -0.1) is 0 Å². The van der Waals surface area contributed by atoms with Crippen LogP contribution in [-0.4, -0.2) is 17.6 Å². The number of halogens is 1. The Morgan fingerprint density at radius 3 is 2.62 bits per heavy atom. The van der Waals surface area contributed by atoms with Gasteiger partial charge >= 0.3 is 11.6 Å². The van der Waals surface area contributed by atoms with E-state index in [0.717, 1.165) is 10.9 Å². The third kappa shape index (κ3) is 2.57. The summed E-state index contributed by atoms with van der Waals surface area (Å²) in [6, 6.07) is 14.1. The third-order valence-corrected chi connectivity index (χ3v) is 4.42. The highest BCUT2D eigenvalue weighted by Crippen LogP contribution is 2.34. The van der Waals surface area contributed by atoms with Crippen LogP contribution in [0.1, 0.15) is 17.3 Å². The van der Waals surface area contributed by atoms with Crippen LogP contribution in [0.15, 0.2) is 57.7 Å². The number of hydrogen-bond donors (Lipinski definition) is 1. The van der Waals surface area contributed by atoms with Crippen LogP contribution in [0, 0.1) is 0 Å². The summed E-state index contributed by atoms with van der Waals surface area (Å²) in [5, 5.41) is 1.80. The predicted octanol–water partition coefficient (Wildman–Crippen LogP) is 4.77. The monoisotopic (exact) mass is 367 g/mol. The van der Waals surface area contributed by atoms with Gasteiger partial charge in [0.15, 0.2) is 5.76 Å². The number of carbonyl (C=O) groups is 1. The molecule has 2 heterocycles. The van der Waals surface area contributed by atoms with Crippen LogP contribution in [0.5, 0.6) is 0 Å². The van der Waals surface area contributed by atoms with Crippen molar-refractivity contribution < 1.29 is 13.9 Å². The summed E-state index contributed by atoms with van der Waals surface area (Å²) in [5.41, 5.74) is 1.23. The first-order valence-electron chi connectivity index (χ1n) is 8.10. The van der Waals surface area contributed by atoms with E-state index < -0.39 is 11.6 Å². The topological polar surface area (TPSA) is 72.3 Å². The van der Waals surface area contributed by atoms with Crippen molar-refractivity contribution in [3.05, 3.63) is 69.5 Å². The molecule has 26 heavy (non-hydrogen) atoms. The van der Waals surface area contributed by atoms with Gasteiger partial charge in [-0.3, -0.25) is 0 Å². The molecule has 0 aliphatic rings. The van der Waals surface area contributed by atoms with Gasteiger partial charge in [0.2, 0.25) is 0 Å². The highest BCUT2D eigenvalue weighted by Gasteiger charge is 2.25. The van der Waals surface area contributed by atoms with Crippen molar-refractivity contribution in [1.82, 2.24) is 4.98 Å². The molecule has 0 saturated carbocycles. The molecule has 6 heteroatoms. The smallest absolute Gasteiger partial charge is 0.360 e. The van der Waals surface area contributed by atoms with Crippen molar-refractivity contribution in [3.63, 3.8) is 0 Å². The van der Waals surface area contributed by atoms with E-state index >= 15 is 0 Å². The molecule has 2 aromatic carbocycles. The largest absolute Gasteiger partial charge is 0.462 e. The van der Waals surface area contributed by atoms with Gasteiger partial charge in [0.05, 0.1) is 6.61 Å². The van der Waals surface area contributed by atoms with E-state index in [9.17, 15) is 9.59 Å². The molecule has 130 valence electrons. The molecule has 0 radical (unpaired) electrons. The number of rotatable bonds is 3. The number of aromatic amines is 1. The second-order valence-corrected chi connectivity index (χ2v) is 6.18. The standard InChI is InChI=1S/C20H14ClNO4/c1-2-25-19(23)16-15-13-5-3-4-6-14(13)22-17(15)20(24)26-18(16)11-7-9-12(21)10-8-11/h3-10,22H,2H2,1H3. The Kier molecular flexibility index (Phi) is 4.01. The molecule has 4 rings (SSSR count). The first kappa shape index (κ1) is 16.4. The number of para-hydroxylation sites is 1. The SMILES string of the molecule is CCOC(=O)c1c(-c2ccc(Cl)cc2)oc(=O)c2[nH]c3ccccc3c12. The summed E-state index contributed by atoms with van der Waals surface area (Å²) in [7, 11) is 0. The molecule has 0 unspecified atom stereocenters. The fourth-order valence-electron chi connectivity index (χ4n) is 3.07. The molecule has 2 aromatic heterocycles. The van der Waals surface area contributed by atoms with Crippen molar-refractivity contribution in [2.24, 2.45) is 0 Å². The maximum atomic E-state index is 12.7. The summed E-state index contributed by atoms with van der Waals surface area (Å²) >= 11 is 5.95. The van der Waals surface area contributed by atoms with E-state index in [-0.39, 0.29) is 23.4 Å². The summed E-state index contributed by atoms with van der Waals surface area (Å²) in [6.07, 6.45) is 0. The number of ether oxygens (including phenoxy) is 1. The van der Waals surface area contributed by atoms with Gasteiger partial charge in [-0.05, 0) is 37.3 Å². The van der Waals surface area contributed by atoms with E-state index in [0.29, 0.717) is 16.0 Å². The van der Waals surface area contributed by atoms with Crippen LogP contribution in [-0.2, 0) is 4.74 Å².